The maximum Gasteiger partial charge on any atom is 0.271 e. The van der Waals surface area contributed by atoms with Crippen LogP contribution in [0.5, 0.6) is 0 Å². The molecule has 0 bridgehead atoms. The molecule has 4 rings (SSSR count). The van der Waals surface area contributed by atoms with Gasteiger partial charge in [-0.05, 0) is 30.7 Å². The number of aromatic nitrogens is 5. The molecule has 0 aromatic carbocycles. The average Bonchev–Trinajstić information content (AvgIpc) is 2.98. The topological polar surface area (TPSA) is 65.6 Å². The molecule has 6 nitrogen and oxygen atoms in total. The zero-order valence-electron chi connectivity index (χ0n) is 12.4. The summed E-state index contributed by atoms with van der Waals surface area (Å²) in [5.41, 5.74) is 1.88. The first-order valence-corrected chi connectivity index (χ1v) is 8.46. The van der Waals surface area contributed by atoms with E-state index in [1.165, 1.54) is 24.2 Å². The minimum atomic E-state index is 0.00840. The van der Waals surface area contributed by atoms with E-state index in [0.29, 0.717) is 6.54 Å². The molecule has 4 heterocycles. The molecule has 1 aliphatic rings. The fourth-order valence-corrected chi connectivity index (χ4v) is 3.94. The van der Waals surface area contributed by atoms with Gasteiger partial charge in [0.25, 0.3) is 5.56 Å². The molecule has 0 amide bonds. The van der Waals surface area contributed by atoms with Crippen molar-refractivity contribution in [2.75, 3.05) is 0 Å². The monoisotopic (exact) mass is 315 g/mol. The lowest BCUT2D eigenvalue weighted by molar-refractivity contribution is 0.582. The van der Waals surface area contributed by atoms with Gasteiger partial charge in [0.2, 0.25) is 0 Å². The predicted molar refractivity (Wildman–Crippen MR) is 85.3 cm³/mol. The zero-order chi connectivity index (χ0) is 15.1. The van der Waals surface area contributed by atoms with Gasteiger partial charge in [0.05, 0.1) is 18.4 Å². The van der Waals surface area contributed by atoms with Crippen LogP contribution in [0.15, 0.2) is 16.5 Å². The van der Waals surface area contributed by atoms with Crippen molar-refractivity contribution in [3.05, 3.63) is 39.3 Å². The minimum absolute atomic E-state index is 0.00840. The standard InChI is InChI=1S/C15H17N5OS/c1-10-8-22-14-13(10)16-9-19(15(14)21)7-12-18-17-11-5-3-2-4-6-20(11)12/h8-9H,2-7H2,1H3. The van der Waals surface area contributed by atoms with Crippen molar-refractivity contribution in [3.63, 3.8) is 0 Å². The molecule has 0 radical (unpaired) electrons. The van der Waals surface area contributed by atoms with Crippen LogP contribution >= 0.6 is 11.3 Å². The van der Waals surface area contributed by atoms with Crippen molar-refractivity contribution >= 4 is 21.6 Å². The summed E-state index contributed by atoms with van der Waals surface area (Å²) < 4.78 is 4.53. The molecule has 0 spiro atoms. The predicted octanol–water partition coefficient (Wildman–Crippen LogP) is 2.13. The maximum atomic E-state index is 12.6. The first kappa shape index (κ1) is 13.6. The second kappa shape index (κ2) is 5.31. The Morgan fingerprint density at radius 1 is 1.27 bits per heavy atom. The summed E-state index contributed by atoms with van der Waals surface area (Å²) in [5.74, 6) is 1.90. The molecule has 0 fully saturated rings. The van der Waals surface area contributed by atoms with Crippen LogP contribution in [0.4, 0.5) is 0 Å². The Labute approximate surface area is 131 Å². The molecule has 0 saturated carbocycles. The summed E-state index contributed by atoms with van der Waals surface area (Å²) in [6.07, 6.45) is 6.14. The van der Waals surface area contributed by atoms with Crippen molar-refractivity contribution in [1.29, 1.82) is 0 Å². The van der Waals surface area contributed by atoms with Crippen LogP contribution < -0.4 is 5.56 Å². The van der Waals surface area contributed by atoms with E-state index in [-0.39, 0.29) is 5.56 Å². The van der Waals surface area contributed by atoms with Crippen LogP contribution in [0.1, 0.15) is 36.5 Å². The summed E-state index contributed by atoms with van der Waals surface area (Å²) in [6, 6.07) is 0. The van der Waals surface area contributed by atoms with Crippen LogP contribution in [0.2, 0.25) is 0 Å². The number of thiophene rings is 1. The van der Waals surface area contributed by atoms with Crippen molar-refractivity contribution in [2.24, 2.45) is 0 Å². The first-order valence-electron chi connectivity index (χ1n) is 7.58. The number of aryl methyl sites for hydroxylation is 2. The summed E-state index contributed by atoms with van der Waals surface area (Å²) in [4.78, 5) is 17.0. The average molecular weight is 315 g/mol. The van der Waals surface area contributed by atoms with E-state index in [0.717, 1.165) is 46.8 Å². The smallest absolute Gasteiger partial charge is 0.271 e. The fourth-order valence-electron chi connectivity index (χ4n) is 2.99. The van der Waals surface area contributed by atoms with Gasteiger partial charge < -0.3 is 4.57 Å². The third-order valence-corrected chi connectivity index (χ3v) is 5.30. The van der Waals surface area contributed by atoms with Crippen LogP contribution in [0, 0.1) is 6.92 Å². The van der Waals surface area contributed by atoms with Gasteiger partial charge >= 0.3 is 0 Å². The molecule has 0 saturated heterocycles. The molecule has 0 unspecified atom stereocenters. The van der Waals surface area contributed by atoms with Crippen molar-refractivity contribution < 1.29 is 0 Å². The Hall–Kier alpha value is -2.02. The quantitative estimate of drug-likeness (QED) is 0.726. The van der Waals surface area contributed by atoms with Crippen molar-refractivity contribution in [1.82, 2.24) is 24.3 Å². The lowest BCUT2D eigenvalue weighted by Gasteiger charge is -2.08. The molecule has 3 aromatic rings. The minimum Gasteiger partial charge on any atom is -0.313 e. The Kier molecular flexibility index (Phi) is 3.29. The van der Waals surface area contributed by atoms with Crippen LogP contribution in [-0.4, -0.2) is 24.3 Å². The summed E-state index contributed by atoms with van der Waals surface area (Å²) in [6.45, 7) is 3.36. The van der Waals surface area contributed by atoms with Gasteiger partial charge in [-0.3, -0.25) is 9.36 Å². The van der Waals surface area contributed by atoms with Crippen LogP contribution in [0.3, 0.4) is 0 Å². The molecular weight excluding hydrogens is 298 g/mol. The highest BCUT2D eigenvalue weighted by molar-refractivity contribution is 7.17. The molecule has 3 aromatic heterocycles. The second-order valence-electron chi connectivity index (χ2n) is 5.77. The van der Waals surface area contributed by atoms with Gasteiger partial charge in [0, 0.05) is 13.0 Å². The lowest BCUT2D eigenvalue weighted by atomic mass is 10.2. The van der Waals surface area contributed by atoms with Gasteiger partial charge in [-0.25, -0.2) is 4.98 Å². The number of fused-ring (bicyclic) bond motifs is 2. The Morgan fingerprint density at radius 3 is 3.09 bits per heavy atom. The highest BCUT2D eigenvalue weighted by Gasteiger charge is 2.16. The number of hydrogen-bond donors (Lipinski definition) is 0. The fraction of sp³-hybridized carbons (Fsp3) is 0.467. The molecule has 0 atom stereocenters. The van der Waals surface area contributed by atoms with Gasteiger partial charge in [-0.1, -0.05) is 6.42 Å². The van der Waals surface area contributed by atoms with Gasteiger partial charge in [-0.2, -0.15) is 0 Å². The largest absolute Gasteiger partial charge is 0.313 e. The Morgan fingerprint density at radius 2 is 2.18 bits per heavy atom. The van der Waals surface area contributed by atoms with Gasteiger partial charge in [-0.15, -0.1) is 21.5 Å². The first-order chi connectivity index (χ1) is 10.7. The number of rotatable bonds is 2. The van der Waals surface area contributed by atoms with Crippen LogP contribution in [0.25, 0.3) is 10.2 Å². The Balaban J connectivity index is 1.74. The third-order valence-electron chi connectivity index (χ3n) is 4.22. The van der Waals surface area contributed by atoms with E-state index in [1.807, 2.05) is 12.3 Å². The van der Waals surface area contributed by atoms with Crippen molar-refractivity contribution in [2.45, 2.75) is 45.7 Å². The molecule has 114 valence electrons. The summed E-state index contributed by atoms with van der Waals surface area (Å²) in [5, 5.41) is 10.6. The molecule has 7 heteroatoms. The van der Waals surface area contributed by atoms with E-state index in [1.54, 1.807) is 10.9 Å². The van der Waals surface area contributed by atoms with E-state index >= 15 is 0 Å². The highest BCUT2D eigenvalue weighted by atomic mass is 32.1. The molecular formula is C15H17N5OS. The van der Waals surface area contributed by atoms with Crippen molar-refractivity contribution in [3.8, 4) is 0 Å². The van der Waals surface area contributed by atoms with Gasteiger partial charge in [0.1, 0.15) is 10.5 Å². The van der Waals surface area contributed by atoms with E-state index < -0.39 is 0 Å². The van der Waals surface area contributed by atoms with E-state index in [4.69, 9.17) is 0 Å². The normalized spacial score (nSPS) is 15.0. The maximum absolute atomic E-state index is 12.6. The zero-order valence-corrected chi connectivity index (χ0v) is 13.3. The molecule has 0 aliphatic carbocycles. The highest BCUT2D eigenvalue weighted by Crippen LogP contribution is 2.20. The van der Waals surface area contributed by atoms with E-state index in [9.17, 15) is 4.79 Å². The van der Waals surface area contributed by atoms with Gasteiger partial charge in [0.15, 0.2) is 5.82 Å². The number of hydrogen-bond acceptors (Lipinski definition) is 5. The summed E-state index contributed by atoms with van der Waals surface area (Å²) in [7, 11) is 0. The number of nitrogens with zero attached hydrogens (tertiary/aromatic N) is 5. The second-order valence-corrected chi connectivity index (χ2v) is 6.65. The molecule has 22 heavy (non-hydrogen) atoms. The molecule has 0 N–H and O–H groups in total. The van der Waals surface area contributed by atoms with E-state index in [2.05, 4.69) is 19.7 Å². The lowest BCUT2D eigenvalue weighted by Crippen LogP contribution is -2.22. The Bertz CT molecular complexity index is 891. The summed E-state index contributed by atoms with van der Waals surface area (Å²) >= 11 is 1.46. The SMILES string of the molecule is Cc1csc2c(=O)n(Cc3nnc4n3CCCCC4)cnc12. The van der Waals surface area contributed by atoms with Crippen LogP contribution in [-0.2, 0) is 19.5 Å². The molecule has 1 aliphatic heterocycles. The third kappa shape index (κ3) is 2.16.